The normalized spacial score (nSPS) is 14.0. The molecule has 3 aromatic carbocycles. The van der Waals surface area contributed by atoms with Crippen LogP contribution in [0.15, 0.2) is 60.7 Å². The molecule has 3 aromatic rings. The number of benzene rings is 3. The number of carbonyl (C=O) groups excluding carboxylic acids is 1. The van der Waals surface area contributed by atoms with E-state index in [-0.39, 0.29) is 12.5 Å². The molecule has 0 aliphatic carbocycles. The molecule has 0 fully saturated rings. The highest BCUT2D eigenvalue weighted by Gasteiger charge is 2.44. The van der Waals surface area contributed by atoms with E-state index in [4.69, 9.17) is 4.74 Å². The van der Waals surface area contributed by atoms with Crippen molar-refractivity contribution in [2.24, 2.45) is 5.92 Å². The Labute approximate surface area is 203 Å². The van der Waals surface area contributed by atoms with Gasteiger partial charge in [-0.3, -0.25) is 4.79 Å². The lowest BCUT2D eigenvalue weighted by molar-refractivity contribution is -0.168. The van der Waals surface area contributed by atoms with Crippen LogP contribution in [0.25, 0.3) is 11.1 Å². The highest BCUT2D eigenvalue weighted by atomic mass is 19.2. The molecule has 0 aromatic heterocycles. The number of nitrogens with zero attached hydrogens (tertiary/aromatic N) is 1. The zero-order valence-electron chi connectivity index (χ0n) is 20.2. The minimum Gasteiger partial charge on any atom is -0.453 e. The molecule has 35 heavy (non-hydrogen) atoms. The topological polar surface area (TPSA) is 29.5 Å². The van der Waals surface area contributed by atoms with Gasteiger partial charge in [0.05, 0.1) is 0 Å². The molecule has 186 valence electrons. The van der Waals surface area contributed by atoms with Crippen molar-refractivity contribution in [2.75, 3.05) is 20.6 Å². The molecule has 0 saturated carbocycles. The number of ether oxygens (including phenoxy) is 1. The Morgan fingerprint density at radius 1 is 0.914 bits per heavy atom. The molecule has 0 unspecified atom stereocenters. The number of esters is 1. The van der Waals surface area contributed by atoms with Crippen molar-refractivity contribution in [1.82, 2.24) is 4.90 Å². The van der Waals surface area contributed by atoms with Crippen LogP contribution in [0, 0.1) is 29.2 Å². The molecule has 0 aliphatic rings. The SMILES string of the molecule is CCC(=O)O[C@@](Cc1c(F)c(F)cc(F)c1F)(c1ccc(-c2ccccc2)cc1)[C@@H](C)CN(C)C. The van der Waals surface area contributed by atoms with Crippen LogP contribution in [0.3, 0.4) is 0 Å². The summed E-state index contributed by atoms with van der Waals surface area (Å²) in [5.41, 5.74) is -0.0737. The lowest BCUT2D eigenvalue weighted by Crippen LogP contribution is -2.45. The van der Waals surface area contributed by atoms with Gasteiger partial charge in [0.2, 0.25) is 0 Å². The van der Waals surface area contributed by atoms with Crippen LogP contribution in [-0.2, 0) is 21.6 Å². The van der Waals surface area contributed by atoms with Crippen molar-refractivity contribution < 1.29 is 27.1 Å². The average molecular weight is 488 g/mol. The van der Waals surface area contributed by atoms with Gasteiger partial charge in [-0.1, -0.05) is 68.4 Å². The number of carbonyl (C=O) groups is 1. The van der Waals surface area contributed by atoms with Crippen LogP contribution in [0.2, 0.25) is 0 Å². The fourth-order valence-corrected chi connectivity index (χ4v) is 4.34. The molecular formula is C28H29F4NO2. The predicted molar refractivity (Wildman–Crippen MR) is 128 cm³/mol. The van der Waals surface area contributed by atoms with Crippen LogP contribution in [-0.4, -0.2) is 31.5 Å². The van der Waals surface area contributed by atoms with E-state index in [0.29, 0.717) is 12.1 Å². The highest BCUT2D eigenvalue weighted by molar-refractivity contribution is 5.70. The van der Waals surface area contributed by atoms with Gasteiger partial charge >= 0.3 is 5.97 Å². The Balaban J connectivity index is 2.21. The van der Waals surface area contributed by atoms with E-state index in [0.717, 1.165) is 11.1 Å². The summed E-state index contributed by atoms with van der Waals surface area (Å²) < 4.78 is 63.7. The fraction of sp³-hybridized carbons (Fsp3) is 0.321. The summed E-state index contributed by atoms with van der Waals surface area (Å²) >= 11 is 0. The predicted octanol–water partition coefficient (Wildman–Crippen LogP) is 6.50. The summed E-state index contributed by atoms with van der Waals surface area (Å²) in [5, 5.41) is 0. The molecule has 3 rings (SSSR count). The Kier molecular flexibility index (Phi) is 8.33. The van der Waals surface area contributed by atoms with Gasteiger partial charge < -0.3 is 9.64 Å². The highest BCUT2D eigenvalue weighted by Crippen LogP contribution is 2.41. The molecular weight excluding hydrogens is 458 g/mol. The van der Waals surface area contributed by atoms with E-state index in [1.807, 2.05) is 61.5 Å². The Morgan fingerprint density at radius 3 is 1.97 bits per heavy atom. The Bertz CT molecular complexity index is 1140. The minimum absolute atomic E-state index is 0.0149. The maximum atomic E-state index is 14.8. The van der Waals surface area contributed by atoms with Gasteiger partial charge in [0.25, 0.3) is 0 Å². The van der Waals surface area contributed by atoms with Crippen molar-refractivity contribution in [1.29, 1.82) is 0 Å². The largest absolute Gasteiger partial charge is 0.453 e. The van der Waals surface area contributed by atoms with Gasteiger partial charge in [0, 0.05) is 36.9 Å². The molecule has 0 bridgehead atoms. The van der Waals surface area contributed by atoms with Crippen LogP contribution in [0.1, 0.15) is 31.4 Å². The minimum atomic E-state index is -1.59. The van der Waals surface area contributed by atoms with Gasteiger partial charge in [-0.15, -0.1) is 0 Å². The third-order valence-corrected chi connectivity index (χ3v) is 6.14. The Hall–Kier alpha value is -3.19. The van der Waals surface area contributed by atoms with E-state index < -0.39 is 52.7 Å². The number of hydrogen-bond acceptors (Lipinski definition) is 3. The number of hydrogen-bond donors (Lipinski definition) is 0. The molecule has 3 nitrogen and oxygen atoms in total. The summed E-state index contributed by atoms with van der Waals surface area (Å²) in [6, 6.07) is 16.8. The van der Waals surface area contributed by atoms with Gasteiger partial charge in [-0.2, -0.15) is 0 Å². The zero-order valence-corrected chi connectivity index (χ0v) is 20.2. The maximum Gasteiger partial charge on any atom is 0.306 e. The van der Waals surface area contributed by atoms with Gasteiger partial charge in [0.15, 0.2) is 23.3 Å². The van der Waals surface area contributed by atoms with Crippen LogP contribution >= 0.6 is 0 Å². The lowest BCUT2D eigenvalue weighted by atomic mass is 9.76. The molecule has 2 atom stereocenters. The smallest absolute Gasteiger partial charge is 0.306 e. The first-order valence-electron chi connectivity index (χ1n) is 11.4. The number of halogens is 4. The van der Waals surface area contributed by atoms with E-state index in [9.17, 15) is 22.4 Å². The molecule has 7 heteroatoms. The molecule has 0 N–H and O–H groups in total. The van der Waals surface area contributed by atoms with E-state index in [2.05, 4.69) is 0 Å². The van der Waals surface area contributed by atoms with Crippen LogP contribution in [0.4, 0.5) is 17.6 Å². The second-order valence-electron chi connectivity index (χ2n) is 8.95. The molecule has 0 spiro atoms. The summed E-state index contributed by atoms with van der Waals surface area (Å²) in [7, 11) is 3.62. The number of rotatable bonds is 9. The maximum absolute atomic E-state index is 14.8. The van der Waals surface area contributed by atoms with Crippen molar-refractivity contribution >= 4 is 5.97 Å². The van der Waals surface area contributed by atoms with Gasteiger partial charge in [-0.05, 0) is 30.8 Å². The van der Waals surface area contributed by atoms with Crippen molar-refractivity contribution in [3.05, 3.63) is 95.1 Å². The van der Waals surface area contributed by atoms with E-state index in [1.165, 1.54) is 0 Å². The molecule has 0 radical (unpaired) electrons. The van der Waals surface area contributed by atoms with E-state index >= 15 is 0 Å². The summed E-state index contributed by atoms with van der Waals surface area (Å²) in [4.78, 5) is 14.4. The second-order valence-corrected chi connectivity index (χ2v) is 8.95. The molecule has 0 aliphatic heterocycles. The lowest BCUT2D eigenvalue weighted by Gasteiger charge is -2.40. The third kappa shape index (κ3) is 5.73. The second kappa shape index (κ2) is 11.0. The quantitative estimate of drug-likeness (QED) is 0.196. The monoisotopic (exact) mass is 487 g/mol. The molecule has 0 heterocycles. The zero-order chi connectivity index (χ0) is 25.8. The van der Waals surface area contributed by atoms with Gasteiger partial charge in [-0.25, -0.2) is 17.6 Å². The standard InChI is InChI=1S/C28H29F4NO2/c1-5-25(34)35-28(18(2)17-33(3)4,16-22-26(31)23(29)15-24(30)27(22)32)21-13-11-20(12-14-21)19-9-7-6-8-10-19/h6-15,18H,5,16-17H2,1-4H3/t18-,28+/m0/s1. The van der Waals surface area contributed by atoms with Crippen molar-refractivity contribution in [3.63, 3.8) is 0 Å². The fourth-order valence-electron chi connectivity index (χ4n) is 4.34. The third-order valence-electron chi connectivity index (χ3n) is 6.14. The molecule has 0 amide bonds. The van der Waals surface area contributed by atoms with Crippen LogP contribution in [0.5, 0.6) is 0 Å². The van der Waals surface area contributed by atoms with E-state index in [1.54, 1.807) is 26.0 Å². The first-order valence-corrected chi connectivity index (χ1v) is 11.4. The summed E-state index contributed by atoms with van der Waals surface area (Å²) in [6.45, 7) is 3.75. The van der Waals surface area contributed by atoms with Gasteiger partial charge in [0.1, 0.15) is 5.60 Å². The average Bonchev–Trinajstić information content (AvgIpc) is 2.84. The summed E-state index contributed by atoms with van der Waals surface area (Å²) in [6.07, 6.45) is -0.564. The first kappa shape index (κ1) is 26.4. The first-order chi connectivity index (χ1) is 16.6. The molecule has 0 saturated heterocycles. The Morgan fingerprint density at radius 2 is 1.46 bits per heavy atom. The van der Waals surface area contributed by atoms with Crippen LogP contribution < -0.4 is 0 Å². The summed E-state index contributed by atoms with van der Waals surface area (Å²) in [5.74, 6) is -7.11. The van der Waals surface area contributed by atoms with Crippen molar-refractivity contribution in [2.45, 2.75) is 32.3 Å². The van der Waals surface area contributed by atoms with Crippen molar-refractivity contribution in [3.8, 4) is 11.1 Å².